The number of aromatic hydroxyl groups is 1. The maximum Gasteiger partial charge on any atom is 0.320 e. The summed E-state index contributed by atoms with van der Waals surface area (Å²) >= 11 is 0. The molecule has 1 atom stereocenters. The van der Waals surface area contributed by atoms with Crippen LogP contribution in [0.5, 0.6) is 5.75 Å². The van der Waals surface area contributed by atoms with Gasteiger partial charge in [-0.2, -0.15) is 0 Å². The molecule has 2 N–H and O–H groups in total. The Morgan fingerprint density at radius 1 is 1.21 bits per heavy atom. The van der Waals surface area contributed by atoms with Gasteiger partial charge in [-0.15, -0.1) is 0 Å². The van der Waals surface area contributed by atoms with Crippen LogP contribution < -0.4 is 0 Å². The molecule has 1 aliphatic rings. The van der Waals surface area contributed by atoms with Gasteiger partial charge in [-0.1, -0.05) is 12.1 Å². The van der Waals surface area contributed by atoms with Gasteiger partial charge < -0.3 is 20.0 Å². The maximum absolute atomic E-state index is 14.4. The van der Waals surface area contributed by atoms with Gasteiger partial charge in [0.25, 0.3) is 0 Å². The van der Waals surface area contributed by atoms with E-state index in [1.807, 2.05) is 0 Å². The number of benzene rings is 2. The Morgan fingerprint density at radius 3 is 2.61 bits per heavy atom. The van der Waals surface area contributed by atoms with Crippen LogP contribution in [-0.2, 0) is 5.54 Å². The average Bonchev–Trinajstić information content (AvgIpc) is 2.68. The molecular formula is C21H22F2N2O3. The number of aliphatic hydroxyl groups is 1. The van der Waals surface area contributed by atoms with Crippen LogP contribution in [0.1, 0.15) is 17.5 Å². The third-order valence-electron chi connectivity index (χ3n) is 4.97. The minimum Gasteiger partial charge on any atom is -0.508 e. The van der Waals surface area contributed by atoms with Crippen molar-refractivity contribution in [1.82, 2.24) is 9.80 Å². The molecule has 0 saturated heterocycles. The number of carbonyl (C=O) groups excluding carboxylic acids is 1. The van der Waals surface area contributed by atoms with Crippen LogP contribution in [0.2, 0.25) is 0 Å². The molecule has 148 valence electrons. The second-order valence-electron chi connectivity index (χ2n) is 7.01. The van der Waals surface area contributed by atoms with E-state index in [9.17, 15) is 23.8 Å². The monoisotopic (exact) mass is 388 g/mol. The minimum absolute atomic E-state index is 0.0277. The van der Waals surface area contributed by atoms with Crippen LogP contribution in [0.3, 0.4) is 0 Å². The van der Waals surface area contributed by atoms with Gasteiger partial charge in [0.1, 0.15) is 22.9 Å². The van der Waals surface area contributed by atoms with Gasteiger partial charge in [-0.05, 0) is 54.0 Å². The Morgan fingerprint density at radius 2 is 1.96 bits per heavy atom. The predicted molar refractivity (Wildman–Crippen MR) is 102 cm³/mol. The molecule has 0 spiro atoms. The average molecular weight is 388 g/mol. The smallest absolute Gasteiger partial charge is 0.320 e. The quantitative estimate of drug-likeness (QED) is 0.848. The van der Waals surface area contributed by atoms with Crippen molar-refractivity contribution >= 4 is 11.6 Å². The number of hydrogen-bond donors (Lipinski definition) is 2. The molecule has 2 aromatic carbocycles. The molecule has 0 radical (unpaired) electrons. The summed E-state index contributed by atoms with van der Waals surface area (Å²) in [6.45, 7) is -0.300. The lowest BCUT2D eigenvalue weighted by molar-refractivity contribution is 0.0702. The summed E-state index contributed by atoms with van der Waals surface area (Å²) in [5.74, 6) is -1.18. The summed E-state index contributed by atoms with van der Waals surface area (Å²) in [5.41, 5.74) is -0.279. The highest BCUT2D eigenvalue weighted by Crippen LogP contribution is 2.40. The SMILES string of the molecule is CN(C)C(=O)N1CCC(c2cc(F)ccc2F)=CC1(CO)c1cccc(O)c1. The first kappa shape index (κ1) is 19.8. The summed E-state index contributed by atoms with van der Waals surface area (Å²) in [4.78, 5) is 15.7. The molecule has 0 fully saturated rings. The van der Waals surface area contributed by atoms with Crippen LogP contribution in [0.4, 0.5) is 13.6 Å². The fourth-order valence-electron chi connectivity index (χ4n) is 3.57. The van der Waals surface area contributed by atoms with E-state index in [4.69, 9.17) is 0 Å². The standard InChI is InChI=1S/C21H22F2N2O3/c1-24(2)20(28)25-9-8-14(18-11-16(22)6-7-19(18)23)12-21(25,13-26)15-4-3-5-17(27)10-15/h3-7,10-12,26-27H,8-9,13H2,1-2H3. The maximum atomic E-state index is 14.4. The van der Waals surface area contributed by atoms with Gasteiger partial charge in [-0.25, -0.2) is 13.6 Å². The summed E-state index contributed by atoms with van der Waals surface area (Å²) < 4.78 is 28.1. The van der Waals surface area contributed by atoms with Gasteiger partial charge in [0.2, 0.25) is 0 Å². The normalized spacial score (nSPS) is 19.3. The van der Waals surface area contributed by atoms with E-state index < -0.39 is 23.8 Å². The number of amides is 2. The zero-order valence-corrected chi connectivity index (χ0v) is 15.7. The van der Waals surface area contributed by atoms with Crippen molar-refractivity contribution in [3.63, 3.8) is 0 Å². The lowest BCUT2D eigenvalue weighted by Gasteiger charge is -2.45. The van der Waals surface area contributed by atoms with Crippen LogP contribution in [-0.4, -0.2) is 53.3 Å². The molecule has 0 saturated carbocycles. The van der Waals surface area contributed by atoms with Gasteiger partial charge in [0.15, 0.2) is 0 Å². The molecule has 5 nitrogen and oxygen atoms in total. The third kappa shape index (κ3) is 3.45. The van der Waals surface area contributed by atoms with Gasteiger partial charge in [0.05, 0.1) is 6.61 Å². The fourth-order valence-corrected chi connectivity index (χ4v) is 3.57. The number of carbonyl (C=O) groups is 1. The summed E-state index contributed by atoms with van der Waals surface area (Å²) in [6, 6.07) is 9.07. The van der Waals surface area contributed by atoms with Crippen LogP contribution >= 0.6 is 0 Å². The van der Waals surface area contributed by atoms with Crippen molar-refractivity contribution in [1.29, 1.82) is 0 Å². The molecule has 3 rings (SSSR count). The molecule has 0 aromatic heterocycles. The minimum atomic E-state index is -1.33. The van der Waals surface area contributed by atoms with Crippen molar-refractivity contribution in [3.8, 4) is 5.75 Å². The first-order chi connectivity index (χ1) is 13.3. The zero-order chi connectivity index (χ0) is 20.5. The van der Waals surface area contributed by atoms with E-state index in [-0.39, 0.29) is 23.9 Å². The molecule has 0 bridgehead atoms. The fraction of sp³-hybridized carbons (Fsp3) is 0.286. The van der Waals surface area contributed by atoms with Crippen molar-refractivity contribution in [3.05, 3.63) is 71.3 Å². The van der Waals surface area contributed by atoms with E-state index in [0.717, 1.165) is 18.2 Å². The Labute approximate surface area is 162 Å². The Hall–Kier alpha value is -2.93. The van der Waals surface area contributed by atoms with Crippen molar-refractivity contribution in [2.45, 2.75) is 12.0 Å². The second-order valence-corrected chi connectivity index (χ2v) is 7.01. The third-order valence-corrected chi connectivity index (χ3v) is 4.97. The number of phenolic OH excluding ortho intramolecular Hbond substituents is 1. The zero-order valence-electron chi connectivity index (χ0n) is 15.7. The van der Waals surface area contributed by atoms with E-state index in [0.29, 0.717) is 17.6 Å². The molecule has 7 heteroatoms. The Balaban J connectivity index is 2.22. The molecule has 1 heterocycles. The molecule has 2 amide bonds. The molecular weight excluding hydrogens is 366 g/mol. The summed E-state index contributed by atoms with van der Waals surface area (Å²) in [7, 11) is 3.19. The van der Waals surface area contributed by atoms with Crippen molar-refractivity contribution in [2.75, 3.05) is 27.2 Å². The van der Waals surface area contributed by atoms with Gasteiger partial charge >= 0.3 is 6.03 Å². The molecule has 2 aromatic rings. The first-order valence-electron chi connectivity index (χ1n) is 8.85. The predicted octanol–water partition coefficient (Wildman–Crippen LogP) is 3.33. The number of aliphatic hydroxyl groups excluding tert-OH is 1. The van der Waals surface area contributed by atoms with Gasteiger partial charge in [-0.3, -0.25) is 0 Å². The van der Waals surface area contributed by atoms with Crippen LogP contribution in [0.15, 0.2) is 48.5 Å². The number of phenols is 1. The van der Waals surface area contributed by atoms with Crippen molar-refractivity contribution < 1.29 is 23.8 Å². The largest absolute Gasteiger partial charge is 0.508 e. The lowest BCUT2D eigenvalue weighted by atomic mass is 9.81. The van der Waals surface area contributed by atoms with Crippen LogP contribution in [0.25, 0.3) is 5.57 Å². The number of halogens is 2. The first-order valence-corrected chi connectivity index (χ1v) is 8.85. The Bertz CT molecular complexity index is 930. The summed E-state index contributed by atoms with van der Waals surface area (Å²) in [5, 5.41) is 20.3. The van der Waals surface area contributed by atoms with Gasteiger partial charge in [0, 0.05) is 26.2 Å². The number of hydrogen-bond acceptors (Lipinski definition) is 3. The van der Waals surface area contributed by atoms with Crippen LogP contribution in [0, 0.1) is 11.6 Å². The molecule has 0 aliphatic carbocycles. The number of rotatable bonds is 3. The molecule has 28 heavy (non-hydrogen) atoms. The molecule has 1 aliphatic heterocycles. The highest BCUT2D eigenvalue weighted by molar-refractivity contribution is 5.79. The van der Waals surface area contributed by atoms with E-state index in [1.165, 1.54) is 21.9 Å². The topological polar surface area (TPSA) is 64.0 Å². The Kier molecular flexibility index (Phi) is 5.38. The van der Waals surface area contributed by atoms with E-state index >= 15 is 0 Å². The lowest BCUT2D eigenvalue weighted by Crippen LogP contribution is -2.56. The van der Waals surface area contributed by atoms with E-state index in [2.05, 4.69) is 0 Å². The van der Waals surface area contributed by atoms with E-state index in [1.54, 1.807) is 32.3 Å². The van der Waals surface area contributed by atoms with Crippen molar-refractivity contribution in [2.24, 2.45) is 0 Å². The number of urea groups is 1. The highest BCUT2D eigenvalue weighted by atomic mass is 19.1. The number of nitrogens with zero attached hydrogens (tertiary/aromatic N) is 2. The highest BCUT2D eigenvalue weighted by Gasteiger charge is 2.43. The molecule has 1 unspecified atom stereocenters. The second kappa shape index (κ2) is 7.59. The summed E-state index contributed by atoms with van der Waals surface area (Å²) in [6.07, 6.45) is 1.88.